The summed E-state index contributed by atoms with van der Waals surface area (Å²) < 4.78 is 74.6. The van der Waals surface area contributed by atoms with E-state index in [9.17, 15) is 61.2 Å². The van der Waals surface area contributed by atoms with Crippen molar-refractivity contribution in [3.8, 4) is 0 Å². The molecule has 1 heterocycles. The lowest BCUT2D eigenvalue weighted by atomic mass is 9.59. The quantitative estimate of drug-likeness (QED) is 0.219. The maximum atomic E-state index is 14.0. The third-order valence-electron chi connectivity index (χ3n) is 6.92. The van der Waals surface area contributed by atoms with Gasteiger partial charge in [-0.3, -0.25) is 23.4 Å². The van der Waals surface area contributed by atoms with Crippen LogP contribution in [0.3, 0.4) is 0 Å². The predicted octanol–water partition coefficient (Wildman–Crippen LogP) is 1.59. The summed E-state index contributed by atoms with van der Waals surface area (Å²) in [5, 5.41) is 47.2. The maximum Gasteiger partial charge on any atom is 0.523 e. The number of hydrogen-bond acceptors (Lipinski definition) is 12. The molecule has 12 nitrogen and oxygen atoms in total. The van der Waals surface area contributed by atoms with Crippen LogP contribution in [0, 0.1) is 21.7 Å². The second kappa shape index (κ2) is 10.9. The van der Waals surface area contributed by atoms with Gasteiger partial charge in [-0.05, 0) is 0 Å². The highest BCUT2D eigenvalue weighted by molar-refractivity contribution is 7.87. The molecule has 43 heavy (non-hydrogen) atoms. The summed E-state index contributed by atoms with van der Waals surface area (Å²) in [4.78, 5) is 54.7. The van der Waals surface area contributed by atoms with Crippen LogP contribution in [0.25, 0.3) is 0 Å². The maximum absolute atomic E-state index is 14.0. The average Bonchev–Trinajstić information content (AvgIpc) is 2.97. The Morgan fingerprint density at radius 3 is 1.40 bits per heavy atom. The Bertz CT molecular complexity index is 1260. The van der Waals surface area contributed by atoms with Crippen molar-refractivity contribution in [2.45, 2.75) is 124 Å². The minimum Gasteiger partial charge on any atom is -0.382 e. The lowest BCUT2D eigenvalue weighted by Crippen LogP contribution is -2.77. The Labute approximate surface area is 249 Å². The Morgan fingerprint density at radius 2 is 1.09 bits per heavy atom. The van der Waals surface area contributed by atoms with E-state index in [0.717, 1.165) is 62.3 Å². The van der Waals surface area contributed by atoms with E-state index in [1.807, 2.05) is 0 Å². The molecular weight excluding hydrogens is 605 g/mol. The van der Waals surface area contributed by atoms with E-state index in [-0.39, 0.29) is 0 Å². The monoisotopic (exact) mass is 648 g/mol. The van der Waals surface area contributed by atoms with E-state index in [2.05, 4.69) is 4.18 Å². The average molecular weight is 649 g/mol. The summed E-state index contributed by atoms with van der Waals surface area (Å²) in [6.07, 6.45) is -9.37. The van der Waals surface area contributed by atoms with Crippen LogP contribution in [0.1, 0.15) is 83.1 Å². The van der Waals surface area contributed by atoms with Gasteiger partial charge in [0.15, 0.2) is 23.0 Å². The number of ether oxygens (including phenoxy) is 1. The minimum absolute atomic E-state index is 1.12. The number of Topliss-reactive ketones (excluding diaryl/α,β-unsaturated/α-hetero) is 4. The van der Waals surface area contributed by atoms with E-state index in [1.54, 1.807) is 0 Å². The molecule has 0 aromatic carbocycles. The molecule has 16 heteroatoms. The van der Waals surface area contributed by atoms with Gasteiger partial charge in [-0.15, -0.1) is 0 Å². The molecular formula is C27H43F3O12S. The third-order valence-corrected chi connectivity index (χ3v) is 7.96. The van der Waals surface area contributed by atoms with E-state index in [0.29, 0.717) is 0 Å². The molecule has 1 unspecified atom stereocenters. The first-order valence-electron chi connectivity index (χ1n) is 13.2. The van der Waals surface area contributed by atoms with Gasteiger partial charge in [0.2, 0.25) is 11.4 Å². The first kappa shape index (κ1) is 39.2. The molecule has 1 saturated heterocycles. The van der Waals surface area contributed by atoms with Gasteiger partial charge in [0.1, 0.15) is 18.3 Å². The van der Waals surface area contributed by atoms with Crippen molar-refractivity contribution in [3.63, 3.8) is 0 Å². The van der Waals surface area contributed by atoms with Crippen molar-refractivity contribution >= 4 is 33.3 Å². The zero-order valence-corrected chi connectivity index (χ0v) is 27.1. The summed E-state index contributed by atoms with van der Waals surface area (Å²) in [6, 6.07) is 0. The second-order valence-electron chi connectivity index (χ2n) is 14.9. The summed E-state index contributed by atoms with van der Waals surface area (Å²) in [6.45, 7) is 13.8. The van der Waals surface area contributed by atoms with Gasteiger partial charge in [0.25, 0.3) is 5.79 Å². The fourth-order valence-electron chi connectivity index (χ4n) is 4.65. The van der Waals surface area contributed by atoms with Gasteiger partial charge in [0.05, 0.1) is 0 Å². The molecule has 6 atom stereocenters. The number of aliphatic hydroxyl groups is 4. The van der Waals surface area contributed by atoms with Gasteiger partial charge in [-0.25, -0.2) is 0 Å². The van der Waals surface area contributed by atoms with E-state index in [4.69, 9.17) is 4.74 Å². The van der Waals surface area contributed by atoms with Crippen LogP contribution in [0.2, 0.25) is 0 Å². The van der Waals surface area contributed by atoms with Crippen LogP contribution in [0.5, 0.6) is 0 Å². The topological polar surface area (TPSA) is 202 Å². The van der Waals surface area contributed by atoms with Crippen molar-refractivity contribution < 1.29 is 70.1 Å². The molecule has 4 N–H and O–H groups in total. The second-order valence-corrected chi connectivity index (χ2v) is 16.5. The van der Waals surface area contributed by atoms with E-state index in [1.165, 1.54) is 20.8 Å². The Balaban J connectivity index is 4.52. The summed E-state index contributed by atoms with van der Waals surface area (Å²) >= 11 is 0. The SMILES string of the molecule is CC(C)(C)C(=O)C(O)[C@H](OS(=O)(=O)C(F)(F)F)[C@@H]1O[C@](O)(C(=O)C(C)(C)C)[C@@](O)(C(=O)C(C)(C)C)[C@]1(O)C(=O)C(C)(C)C. The number of carbonyl (C=O) groups excluding carboxylic acids is 4. The van der Waals surface area contributed by atoms with Gasteiger partial charge in [-0.1, -0.05) is 83.1 Å². The molecule has 0 aliphatic carbocycles. The fraction of sp³-hybridized carbons (Fsp3) is 0.852. The number of rotatable bonds is 8. The van der Waals surface area contributed by atoms with Crippen molar-refractivity contribution in [3.05, 3.63) is 0 Å². The highest BCUT2D eigenvalue weighted by atomic mass is 32.2. The van der Waals surface area contributed by atoms with Crippen molar-refractivity contribution in [1.82, 2.24) is 0 Å². The Morgan fingerprint density at radius 1 is 0.721 bits per heavy atom. The lowest BCUT2D eigenvalue weighted by molar-refractivity contribution is -0.260. The minimum atomic E-state index is -6.79. The van der Waals surface area contributed by atoms with Crippen LogP contribution >= 0.6 is 0 Å². The highest BCUT2D eigenvalue weighted by Gasteiger charge is 2.85. The molecule has 1 fully saturated rings. The zero-order chi connectivity index (χ0) is 35.0. The predicted molar refractivity (Wildman–Crippen MR) is 143 cm³/mol. The van der Waals surface area contributed by atoms with Gasteiger partial charge in [0, 0.05) is 21.7 Å². The Kier molecular flexibility index (Phi) is 9.95. The summed E-state index contributed by atoms with van der Waals surface area (Å²) in [7, 11) is -6.79. The molecule has 0 spiro atoms. The first-order valence-corrected chi connectivity index (χ1v) is 14.6. The molecule has 1 rings (SSSR count). The van der Waals surface area contributed by atoms with Crippen LogP contribution < -0.4 is 0 Å². The van der Waals surface area contributed by atoms with E-state index < -0.39 is 95.7 Å². The van der Waals surface area contributed by atoms with Gasteiger partial charge in [-0.2, -0.15) is 21.6 Å². The molecule has 0 saturated carbocycles. The summed E-state index contributed by atoms with van der Waals surface area (Å²) in [5.74, 6) is -10.2. The number of carbonyl (C=O) groups is 4. The molecule has 1 aliphatic rings. The normalized spacial score (nSPS) is 29.2. The molecule has 0 amide bonds. The highest BCUT2D eigenvalue weighted by Crippen LogP contribution is 2.55. The molecule has 1 aliphatic heterocycles. The number of alkyl halides is 3. The molecule has 250 valence electrons. The molecule has 0 radical (unpaired) electrons. The van der Waals surface area contributed by atoms with Crippen molar-refractivity contribution in [1.29, 1.82) is 0 Å². The third kappa shape index (κ3) is 6.47. The van der Waals surface area contributed by atoms with Gasteiger partial charge >= 0.3 is 15.6 Å². The standard InChI is InChI=1S/C27H43F3O12S/c1-20(2,3)15(32)13(31)14(42-43(39,40)27(28,29)30)16-24(36,17(33)21(4,5)6)25(37,18(34)22(7,8)9)26(38,41-16)19(35)23(10,11)12/h13-14,16,31,36-38H,1-12H3/t13?,14-,16-,24+,25+,26+/m0/s1. The fourth-order valence-corrected chi connectivity index (χ4v) is 5.25. The Hall–Kier alpha value is -1.82. The van der Waals surface area contributed by atoms with Crippen LogP contribution in [0.15, 0.2) is 0 Å². The molecule has 0 aromatic rings. The van der Waals surface area contributed by atoms with Gasteiger partial charge < -0.3 is 25.2 Å². The lowest BCUT2D eigenvalue weighted by Gasteiger charge is -2.47. The molecule has 0 aromatic heterocycles. The van der Waals surface area contributed by atoms with Crippen LogP contribution in [0.4, 0.5) is 13.2 Å². The van der Waals surface area contributed by atoms with Crippen molar-refractivity contribution in [2.75, 3.05) is 0 Å². The number of aliphatic hydroxyl groups excluding tert-OH is 1. The number of hydrogen-bond donors (Lipinski definition) is 4. The first-order chi connectivity index (χ1) is 18.5. The van der Waals surface area contributed by atoms with Crippen LogP contribution in [-0.2, 0) is 38.2 Å². The number of ketones is 4. The van der Waals surface area contributed by atoms with Crippen molar-refractivity contribution in [2.24, 2.45) is 21.7 Å². The van der Waals surface area contributed by atoms with Crippen LogP contribution in [-0.4, -0.2) is 92.8 Å². The number of halogens is 3. The largest absolute Gasteiger partial charge is 0.523 e. The smallest absolute Gasteiger partial charge is 0.382 e. The zero-order valence-electron chi connectivity index (χ0n) is 26.3. The molecule has 0 bridgehead atoms. The van der Waals surface area contributed by atoms with E-state index >= 15 is 0 Å². The summed E-state index contributed by atoms with van der Waals surface area (Å²) in [5.41, 5.74) is -21.4.